The van der Waals surface area contributed by atoms with Crippen molar-refractivity contribution in [1.29, 1.82) is 0 Å². The summed E-state index contributed by atoms with van der Waals surface area (Å²) >= 11 is 6.16. The van der Waals surface area contributed by atoms with Gasteiger partial charge in [0, 0.05) is 13.0 Å². The van der Waals surface area contributed by atoms with Crippen LogP contribution in [-0.2, 0) is 11.3 Å². The maximum atomic E-state index is 10.6. The molecule has 0 saturated carbocycles. The minimum atomic E-state index is -0.247. The highest BCUT2D eigenvalue weighted by Crippen LogP contribution is 2.38. The predicted octanol–water partition coefficient (Wildman–Crippen LogP) is 1.86. The summed E-state index contributed by atoms with van der Waals surface area (Å²) in [6, 6.07) is 3.82. The molecule has 0 saturated heterocycles. The molecular weight excluding hydrogens is 280 g/mol. The Morgan fingerprint density at radius 2 is 2.10 bits per heavy atom. The Hall–Kier alpha value is -1.46. The number of nitrogens with two attached hydrogens (primary N) is 1. The highest BCUT2D eigenvalue weighted by atomic mass is 35.5. The molecule has 3 N–H and O–H groups in total. The Bertz CT molecular complexity index is 480. The number of carbonyl (C=O) groups is 1. The van der Waals surface area contributed by atoms with Gasteiger partial charge in [-0.25, -0.2) is 0 Å². The van der Waals surface area contributed by atoms with Crippen LogP contribution in [0.4, 0.5) is 0 Å². The molecule has 0 spiro atoms. The van der Waals surface area contributed by atoms with E-state index in [9.17, 15) is 4.79 Å². The van der Waals surface area contributed by atoms with E-state index in [-0.39, 0.29) is 5.91 Å². The summed E-state index contributed by atoms with van der Waals surface area (Å²) in [5, 5.41) is 3.88. The highest BCUT2D eigenvalue weighted by molar-refractivity contribution is 6.32. The number of halogens is 1. The fourth-order valence-electron chi connectivity index (χ4n) is 2.05. The first-order valence-corrected chi connectivity index (χ1v) is 7.11. The van der Waals surface area contributed by atoms with Crippen LogP contribution in [0.3, 0.4) is 0 Å². The highest BCUT2D eigenvalue weighted by Gasteiger charge is 2.16. The van der Waals surface area contributed by atoms with E-state index in [0.29, 0.717) is 42.7 Å². The van der Waals surface area contributed by atoms with Crippen LogP contribution in [-0.4, -0.2) is 25.7 Å². The van der Waals surface area contributed by atoms with Gasteiger partial charge in [0.25, 0.3) is 0 Å². The fraction of sp³-hybridized carbons (Fsp3) is 0.500. The Morgan fingerprint density at radius 1 is 1.30 bits per heavy atom. The Balaban J connectivity index is 1.78. The molecule has 1 aromatic rings. The second-order valence-corrected chi connectivity index (χ2v) is 5.11. The van der Waals surface area contributed by atoms with Crippen molar-refractivity contribution in [2.75, 3.05) is 19.8 Å². The second kappa shape index (κ2) is 7.36. The summed E-state index contributed by atoms with van der Waals surface area (Å²) in [5.41, 5.74) is 6.13. The first kappa shape index (κ1) is 14.9. The van der Waals surface area contributed by atoms with E-state index in [0.717, 1.165) is 24.9 Å². The normalized spacial score (nSPS) is 13.2. The standard InChI is InChI=1S/C14H19ClN2O3/c15-11-7-10(8-12-14(11)20-6-5-19-12)9-17-4-2-1-3-13(16)18/h7-8,17H,1-6,9H2,(H2,16,18). The summed E-state index contributed by atoms with van der Waals surface area (Å²) in [6.45, 7) is 2.61. The molecule has 0 fully saturated rings. The van der Waals surface area contributed by atoms with Gasteiger partial charge in [-0.05, 0) is 37.1 Å². The number of ether oxygens (including phenoxy) is 2. The van der Waals surface area contributed by atoms with Crippen molar-refractivity contribution >= 4 is 17.5 Å². The number of rotatable bonds is 7. The van der Waals surface area contributed by atoms with Crippen LogP contribution in [0, 0.1) is 0 Å². The van der Waals surface area contributed by atoms with Crippen LogP contribution >= 0.6 is 11.6 Å². The van der Waals surface area contributed by atoms with Gasteiger partial charge in [0.1, 0.15) is 13.2 Å². The molecule has 0 aromatic heterocycles. The quantitative estimate of drug-likeness (QED) is 0.754. The lowest BCUT2D eigenvalue weighted by molar-refractivity contribution is -0.118. The number of unbranched alkanes of at least 4 members (excludes halogenated alkanes) is 1. The number of hydrogen-bond acceptors (Lipinski definition) is 4. The van der Waals surface area contributed by atoms with Crippen LogP contribution in [0.2, 0.25) is 5.02 Å². The predicted molar refractivity (Wildman–Crippen MR) is 77.2 cm³/mol. The van der Waals surface area contributed by atoms with Gasteiger partial charge in [-0.1, -0.05) is 11.6 Å². The van der Waals surface area contributed by atoms with Gasteiger partial charge in [0.15, 0.2) is 11.5 Å². The zero-order valence-electron chi connectivity index (χ0n) is 11.3. The third-order valence-corrected chi connectivity index (χ3v) is 3.29. The van der Waals surface area contributed by atoms with E-state index in [2.05, 4.69) is 5.32 Å². The van der Waals surface area contributed by atoms with Gasteiger partial charge in [-0.2, -0.15) is 0 Å². The minimum absolute atomic E-state index is 0.247. The Labute approximate surface area is 123 Å². The molecule has 0 radical (unpaired) electrons. The van der Waals surface area contributed by atoms with E-state index in [4.69, 9.17) is 26.8 Å². The van der Waals surface area contributed by atoms with Gasteiger partial charge in [0.2, 0.25) is 5.91 Å². The molecule has 1 aliphatic rings. The molecule has 110 valence electrons. The van der Waals surface area contributed by atoms with E-state index in [1.807, 2.05) is 12.1 Å². The number of carbonyl (C=O) groups excluding carboxylic acids is 1. The van der Waals surface area contributed by atoms with Crippen molar-refractivity contribution in [2.45, 2.75) is 25.8 Å². The van der Waals surface area contributed by atoms with Crippen LogP contribution < -0.4 is 20.5 Å². The van der Waals surface area contributed by atoms with Gasteiger partial charge in [-0.15, -0.1) is 0 Å². The molecule has 0 atom stereocenters. The molecule has 6 heteroatoms. The molecule has 1 aliphatic heterocycles. The summed E-state index contributed by atoms with van der Waals surface area (Å²) in [6.07, 6.45) is 2.17. The van der Waals surface area contributed by atoms with E-state index in [1.165, 1.54) is 0 Å². The van der Waals surface area contributed by atoms with Crippen LogP contribution in [0.5, 0.6) is 11.5 Å². The van der Waals surface area contributed by atoms with Gasteiger partial charge in [-0.3, -0.25) is 4.79 Å². The van der Waals surface area contributed by atoms with Crippen molar-refractivity contribution in [3.05, 3.63) is 22.7 Å². The Kier molecular flexibility index (Phi) is 5.49. The van der Waals surface area contributed by atoms with E-state index < -0.39 is 0 Å². The van der Waals surface area contributed by atoms with E-state index in [1.54, 1.807) is 0 Å². The topological polar surface area (TPSA) is 73.6 Å². The van der Waals surface area contributed by atoms with Gasteiger partial charge < -0.3 is 20.5 Å². The first-order valence-electron chi connectivity index (χ1n) is 6.74. The zero-order valence-corrected chi connectivity index (χ0v) is 12.0. The SMILES string of the molecule is NC(=O)CCCCNCc1cc(Cl)c2c(c1)OCCO2. The van der Waals surface area contributed by atoms with Crippen molar-refractivity contribution in [3.8, 4) is 11.5 Å². The monoisotopic (exact) mass is 298 g/mol. The van der Waals surface area contributed by atoms with Crippen LogP contribution in [0.1, 0.15) is 24.8 Å². The summed E-state index contributed by atoms with van der Waals surface area (Å²) < 4.78 is 11.0. The average Bonchev–Trinajstić information content (AvgIpc) is 2.42. The molecule has 0 unspecified atom stereocenters. The first-order chi connectivity index (χ1) is 9.66. The second-order valence-electron chi connectivity index (χ2n) is 4.70. The number of primary amides is 1. The number of benzene rings is 1. The molecule has 1 heterocycles. The van der Waals surface area contributed by atoms with Crippen molar-refractivity contribution < 1.29 is 14.3 Å². The molecule has 1 aromatic carbocycles. The van der Waals surface area contributed by atoms with E-state index >= 15 is 0 Å². The smallest absolute Gasteiger partial charge is 0.217 e. The van der Waals surface area contributed by atoms with Gasteiger partial charge in [0.05, 0.1) is 5.02 Å². The third kappa shape index (κ3) is 4.28. The number of amides is 1. The summed E-state index contributed by atoms with van der Waals surface area (Å²) in [4.78, 5) is 10.6. The Morgan fingerprint density at radius 3 is 2.90 bits per heavy atom. The lowest BCUT2D eigenvalue weighted by Gasteiger charge is -2.20. The molecule has 2 rings (SSSR count). The molecular formula is C14H19ClN2O3. The van der Waals surface area contributed by atoms with Crippen LogP contribution in [0.15, 0.2) is 12.1 Å². The maximum absolute atomic E-state index is 10.6. The number of nitrogens with one attached hydrogen (secondary N) is 1. The lowest BCUT2D eigenvalue weighted by atomic mass is 10.2. The minimum Gasteiger partial charge on any atom is -0.486 e. The molecule has 1 amide bonds. The largest absolute Gasteiger partial charge is 0.486 e. The van der Waals surface area contributed by atoms with Crippen LogP contribution in [0.25, 0.3) is 0 Å². The van der Waals surface area contributed by atoms with Crippen molar-refractivity contribution in [1.82, 2.24) is 5.32 Å². The summed E-state index contributed by atoms with van der Waals surface area (Å²) in [5.74, 6) is 1.08. The number of fused-ring (bicyclic) bond motifs is 1. The summed E-state index contributed by atoms with van der Waals surface area (Å²) in [7, 11) is 0. The maximum Gasteiger partial charge on any atom is 0.217 e. The lowest BCUT2D eigenvalue weighted by Crippen LogP contribution is -2.18. The molecule has 20 heavy (non-hydrogen) atoms. The fourth-order valence-corrected chi connectivity index (χ4v) is 2.34. The number of hydrogen-bond donors (Lipinski definition) is 2. The van der Waals surface area contributed by atoms with Gasteiger partial charge >= 0.3 is 0 Å². The van der Waals surface area contributed by atoms with Crippen molar-refractivity contribution in [3.63, 3.8) is 0 Å². The third-order valence-electron chi connectivity index (χ3n) is 3.01. The molecule has 5 nitrogen and oxygen atoms in total. The average molecular weight is 299 g/mol. The molecule has 0 bridgehead atoms. The molecule has 0 aliphatic carbocycles. The van der Waals surface area contributed by atoms with Crippen molar-refractivity contribution in [2.24, 2.45) is 5.73 Å². The zero-order chi connectivity index (χ0) is 14.4.